The maximum absolute atomic E-state index is 11.8. The molecule has 0 bridgehead atoms. The number of rotatable bonds is 13. The van der Waals surface area contributed by atoms with Crippen LogP contribution >= 0.6 is 0 Å². The number of nitrogens with zero attached hydrogens (tertiary/aromatic N) is 1. The molecule has 0 aromatic carbocycles. The predicted octanol–water partition coefficient (Wildman–Crippen LogP) is 0.990. The molecule has 0 aliphatic heterocycles. The Kier molecular flexibility index (Phi) is 12.8. The number of carbonyl (C=O) groups is 1. The van der Waals surface area contributed by atoms with Gasteiger partial charge in [0.1, 0.15) is 6.23 Å². The fourth-order valence-corrected chi connectivity index (χ4v) is 1.73. The molecule has 1 unspecified atom stereocenters. The Morgan fingerprint density at radius 3 is 2.25 bits per heavy atom. The van der Waals surface area contributed by atoms with Crippen molar-refractivity contribution in [3.8, 4) is 0 Å². The molecule has 0 spiro atoms. The van der Waals surface area contributed by atoms with E-state index < -0.39 is 0 Å². The van der Waals surface area contributed by atoms with Crippen LogP contribution in [0.15, 0.2) is 0 Å². The van der Waals surface area contributed by atoms with Gasteiger partial charge in [0.25, 0.3) is 0 Å². The van der Waals surface area contributed by atoms with E-state index in [9.17, 15) is 4.79 Å². The quantitative estimate of drug-likeness (QED) is 0.404. The maximum Gasteiger partial charge on any atom is 0.224 e. The minimum absolute atomic E-state index is 0.121. The Labute approximate surface area is 122 Å². The van der Waals surface area contributed by atoms with E-state index in [4.69, 9.17) is 19.9 Å². The van der Waals surface area contributed by atoms with Gasteiger partial charge in [0.05, 0.1) is 33.0 Å². The molecule has 1 amide bonds. The summed E-state index contributed by atoms with van der Waals surface area (Å²) in [5.41, 5.74) is 5.30. The monoisotopic (exact) mass is 290 g/mol. The zero-order valence-corrected chi connectivity index (χ0v) is 13.1. The van der Waals surface area contributed by atoms with Crippen molar-refractivity contribution in [2.75, 3.05) is 46.1 Å². The van der Waals surface area contributed by atoms with Gasteiger partial charge in [-0.3, -0.25) is 4.79 Å². The highest BCUT2D eigenvalue weighted by molar-refractivity contribution is 5.75. The number of hydrogen-bond donors (Lipinski definition) is 1. The van der Waals surface area contributed by atoms with Crippen LogP contribution in [0.3, 0.4) is 0 Å². The lowest BCUT2D eigenvalue weighted by molar-refractivity contribution is -0.146. The Morgan fingerprint density at radius 1 is 1.10 bits per heavy atom. The largest absolute Gasteiger partial charge is 0.378 e. The normalized spacial score (nSPS) is 12.4. The Morgan fingerprint density at radius 2 is 1.70 bits per heavy atom. The Balaban J connectivity index is 3.68. The molecular formula is C14H30N2O4. The zero-order chi connectivity index (χ0) is 15.2. The van der Waals surface area contributed by atoms with Crippen LogP contribution in [0.4, 0.5) is 0 Å². The molecule has 0 heterocycles. The van der Waals surface area contributed by atoms with Crippen molar-refractivity contribution in [2.24, 2.45) is 5.73 Å². The van der Waals surface area contributed by atoms with Crippen molar-refractivity contribution < 1.29 is 19.0 Å². The van der Waals surface area contributed by atoms with Crippen molar-refractivity contribution >= 4 is 5.91 Å². The van der Waals surface area contributed by atoms with Crippen LogP contribution in [0.2, 0.25) is 0 Å². The number of carbonyl (C=O) groups excluding carboxylic acids is 1. The minimum Gasteiger partial charge on any atom is -0.378 e. The van der Waals surface area contributed by atoms with Crippen LogP contribution in [0.5, 0.6) is 0 Å². The van der Waals surface area contributed by atoms with Crippen LogP contribution in [0.25, 0.3) is 0 Å². The van der Waals surface area contributed by atoms with E-state index in [1.807, 2.05) is 20.8 Å². The lowest BCUT2D eigenvalue weighted by atomic mass is 10.3. The topological polar surface area (TPSA) is 74.0 Å². The van der Waals surface area contributed by atoms with Crippen LogP contribution < -0.4 is 5.73 Å². The lowest BCUT2D eigenvalue weighted by Crippen LogP contribution is -2.40. The maximum atomic E-state index is 11.8. The number of ether oxygens (including phenoxy) is 3. The molecule has 1 atom stereocenters. The Bertz CT molecular complexity index is 239. The molecule has 0 saturated carbocycles. The second kappa shape index (κ2) is 13.3. The summed E-state index contributed by atoms with van der Waals surface area (Å²) in [4.78, 5) is 13.5. The summed E-state index contributed by atoms with van der Waals surface area (Å²) < 4.78 is 16.2. The summed E-state index contributed by atoms with van der Waals surface area (Å²) in [7, 11) is 0. The molecule has 0 rings (SSSR count). The zero-order valence-electron chi connectivity index (χ0n) is 13.1. The van der Waals surface area contributed by atoms with Gasteiger partial charge < -0.3 is 24.8 Å². The van der Waals surface area contributed by atoms with E-state index >= 15 is 0 Å². The van der Waals surface area contributed by atoms with Crippen LogP contribution in [0, 0.1) is 0 Å². The number of hydrogen-bond acceptors (Lipinski definition) is 5. The highest BCUT2D eigenvalue weighted by Crippen LogP contribution is 2.05. The lowest BCUT2D eigenvalue weighted by Gasteiger charge is -2.28. The fraction of sp³-hybridized carbons (Fsp3) is 0.929. The predicted molar refractivity (Wildman–Crippen MR) is 78.4 cm³/mol. The molecule has 2 N–H and O–H groups in total. The van der Waals surface area contributed by atoms with Crippen molar-refractivity contribution in [1.29, 1.82) is 0 Å². The van der Waals surface area contributed by atoms with Gasteiger partial charge in [-0.1, -0.05) is 13.8 Å². The molecule has 6 heteroatoms. The van der Waals surface area contributed by atoms with Crippen LogP contribution in [-0.4, -0.2) is 63.2 Å². The highest BCUT2D eigenvalue weighted by Gasteiger charge is 2.17. The fourth-order valence-electron chi connectivity index (χ4n) is 1.73. The molecule has 0 saturated heterocycles. The molecule has 0 radical (unpaired) electrons. The molecule has 0 aromatic heterocycles. The van der Waals surface area contributed by atoms with Crippen LogP contribution in [0.1, 0.15) is 33.6 Å². The number of nitrogens with two attached hydrogens (primary N) is 1. The molecule has 0 aromatic rings. The van der Waals surface area contributed by atoms with Gasteiger partial charge in [-0.15, -0.1) is 0 Å². The molecule has 120 valence electrons. The van der Waals surface area contributed by atoms with Crippen molar-refractivity contribution in [1.82, 2.24) is 4.90 Å². The standard InChI is InChI=1S/C14H30N2O4/c1-4-7-16(14(17)5-2)13(3)20-12-11-19-10-9-18-8-6-15/h13H,4-12,15H2,1-3H3. The van der Waals surface area contributed by atoms with Gasteiger partial charge in [-0.05, 0) is 13.3 Å². The average Bonchev–Trinajstić information content (AvgIpc) is 2.46. The first-order valence-corrected chi connectivity index (χ1v) is 7.43. The summed E-state index contributed by atoms with van der Waals surface area (Å²) in [5.74, 6) is 0.121. The Hall–Kier alpha value is -0.690. The van der Waals surface area contributed by atoms with E-state index in [-0.39, 0.29) is 12.1 Å². The first-order chi connectivity index (χ1) is 9.67. The van der Waals surface area contributed by atoms with Gasteiger partial charge in [0.15, 0.2) is 0 Å². The minimum atomic E-state index is -0.209. The first-order valence-electron chi connectivity index (χ1n) is 7.43. The van der Waals surface area contributed by atoms with Gasteiger partial charge in [-0.2, -0.15) is 0 Å². The molecular weight excluding hydrogens is 260 g/mol. The van der Waals surface area contributed by atoms with E-state index in [0.717, 1.165) is 13.0 Å². The average molecular weight is 290 g/mol. The summed E-state index contributed by atoms with van der Waals surface area (Å²) >= 11 is 0. The third-order valence-electron chi connectivity index (χ3n) is 2.75. The summed E-state index contributed by atoms with van der Waals surface area (Å²) in [5, 5.41) is 0. The third kappa shape index (κ3) is 9.25. The third-order valence-corrected chi connectivity index (χ3v) is 2.75. The van der Waals surface area contributed by atoms with E-state index in [2.05, 4.69) is 0 Å². The van der Waals surface area contributed by atoms with Crippen molar-refractivity contribution in [3.63, 3.8) is 0 Å². The van der Waals surface area contributed by atoms with Crippen molar-refractivity contribution in [2.45, 2.75) is 39.8 Å². The van der Waals surface area contributed by atoms with E-state index in [1.54, 1.807) is 4.90 Å². The SMILES string of the molecule is CCCN(C(=O)CC)C(C)OCCOCCOCCN. The second-order valence-corrected chi connectivity index (χ2v) is 4.42. The first kappa shape index (κ1) is 19.3. The van der Waals surface area contributed by atoms with Gasteiger partial charge >= 0.3 is 0 Å². The molecule has 6 nitrogen and oxygen atoms in total. The summed E-state index contributed by atoms with van der Waals surface area (Å²) in [6, 6.07) is 0. The van der Waals surface area contributed by atoms with Gasteiger partial charge in [0, 0.05) is 19.5 Å². The number of amides is 1. The van der Waals surface area contributed by atoms with E-state index in [0.29, 0.717) is 46.0 Å². The summed E-state index contributed by atoms with van der Waals surface area (Å²) in [6.45, 7) is 9.66. The van der Waals surface area contributed by atoms with Crippen molar-refractivity contribution in [3.05, 3.63) is 0 Å². The smallest absolute Gasteiger partial charge is 0.224 e. The van der Waals surface area contributed by atoms with E-state index in [1.165, 1.54) is 0 Å². The van der Waals surface area contributed by atoms with Crippen LogP contribution in [-0.2, 0) is 19.0 Å². The summed E-state index contributed by atoms with van der Waals surface area (Å²) in [6.07, 6.45) is 1.22. The molecule has 0 aliphatic carbocycles. The highest BCUT2D eigenvalue weighted by atomic mass is 16.6. The molecule has 0 fully saturated rings. The van der Waals surface area contributed by atoms with Gasteiger partial charge in [-0.25, -0.2) is 0 Å². The second-order valence-electron chi connectivity index (χ2n) is 4.42. The van der Waals surface area contributed by atoms with Gasteiger partial charge in [0.2, 0.25) is 5.91 Å². The molecule has 20 heavy (non-hydrogen) atoms. The molecule has 0 aliphatic rings.